The molecule has 0 saturated carbocycles. The van der Waals surface area contributed by atoms with Crippen LogP contribution in [0.3, 0.4) is 0 Å². The predicted octanol–water partition coefficient (Wildman–Crippen LogP) is 15.9. The fourth-order valence-electron chi connectivity index (χ4n) is 10.5. The van der Waals surface area contributed by atoms with Crippen LogP contribution in [0.5, 0.6) is 0 Å². The Morgan fingerprint density at radius 2 is 1.03 bits per heavy atom. The summed E-state index contributed by atoms with van der Waals surface area (Å²) in [5.74, 6) is 1.93. The van der Waals surface area contributed by atoms with Gasteiger partial charge in [0.05, 0.1) is 16.7 Å². The molecule has 4 nitrogen and oxygen atoms in total. The minimum Gasteiger partial charge on any atom is -0.308 e. The summed E-state index contributed by atoms with van der Waals surface area (Å²) in [6, 6.07) is 74.6. The quantitative estimate of drug-likeness (QED) is 0.173. The molecule has 3 aromatic heterocycles. The Kier molecular flexibility index (Phi) is 7.88. The molecule has 0 bridgehead atoms. The summed E-state index contributed by atoms with van der Waals surface area (Å²) >= 11 is 1.82. The lowest BCUT2D eigenvalue weighted by Gasteiger charge is -2.18. The van der Waals surface area contributed by atoms with Crippen LogP contribution >= 0.6 is 11.3 Å². The third kappa shape index (κ3) is 5.66. The Bertz CT molecular complexity index is 4100. The summed E-state index contributed by atoms with van der Waals surface area (Å²) in [4.78, 5) is 16.6. The molecular weight excluding hydrogens is 809 g/mol. The van der Waals surface area contributed by atoms with Crippen molar-refractivity contribution in [1.29, 1.82) is 0 Å². The Labute approximate surface area is 378 Å². The van der Waals surface area contributed by atoms with E-state index in [-0.39, 0.29) is 0 Å². The monoisotopic (exact) mass is 844 g/mol. The Morgan fingerprint density at radius 3 is 1.89 bits per heavy atom. The van der Waals surface area contributed by atoms with Crippen LogP contribution in [0.4, 0.5) is 0 Å². The van der Waals surface area contributed by atoms with E-state index in [1.807, 2.05) is 11.3 Å². The van der Waals surface area contributed by atoms with Gasteiger partial charge in [-0.1, -0.05) is 152 Å². The Hall–Kier alpha value is -8.25. The average molecular weight is 845 g/mol. The molecule has 0 unspecified atom stereocenters. The highest BCUT2D eigenvalue weighted by Crippen LogP contribution is 2.48. The number of aromatic nitrogens is 4. The summed E-state index contributed by atoms with van der Waals surface area (Å²) in [5, 5.41) is 9.79. The van der Waals surface area contributed by atoms with Crippen molar-refractivity contribution < 1.29 is 0 Å². The average Bonchev–Trinajstić information content (AvgIpc) is 4.05. The molecule has 1 aliphatic rings. The van der Waals surface area contributed by atoms with E-state index >= 15 is 0 Å². The largest absolute Gasteiger partial charge is 0.308 e. The zero-order valence-corrected chi connectivity index (χ0v) is 35.9. The number of fused-ring (bicyclic) bond motifs is 12. The van der Waals surface area contributed by atoms with E-state index < -0.39 is 0 Å². The van der Waals surface area contributed by atoms with E-state index in [4.69, 9.17) is 15.0 Å². The molecule has 0 radical (unpaired) electrons. The minimum atomic E-state index is 0.635. The van der Waals surface area contributed by atoms with Gasteiger partial charge in [-0.15, -0.1) is 11.3 Å². The summed E-state index contributed by atoms with van der Waals surface area (Å²) in [7, 11) is 0. The molecule has 0 amide bonds. The lowest BCUT2D eigenvalue weighted by Crippen LogP contribution is -2.06. The van der Waals surface area contributed by atoms with Crippen LogP contribution in [0.2, 0.25) is 0 Å². The van der Waals surface area contributed by atoms with E-state index in [9.17, 15) is 0 Å². The molecule has 14 rings (SSSR count). The van der Waals surface area contributed by atoms with Crippen LogP contribution in [0, 0.1) is 0 Å². The maximum absolute atomic E-state index is 5.60. The van der Waals surface area contributed by atoms with Crippen LogP contribution in [0.25, 0.3) is 126 Å². The van der Waals surface area contributed by atoms with Gasteiger partial charge in [-0.25, -0.2) is 15.0 Å². The lowest BCUT2D eigenvalue weighted by molar-refractivity contribution is 1.06. The maximum Gasteiger partial charge on any atom is 0.166 e. The number of para-hydroxylation sites is 1. The first-order chi connectivity index (χ1) is 32.2. The van der Waals surface area contributed by atoms with Crippen molar-refractivity contribution in [1.82, 2.24) is 19.5 Å². The van der Waals surface area contributed by atoms with E-state index in [0.29, 0.717) is 17.5 Å². The van der Waals surface area contributed by atoms with Gasteiger partial charge in [0.15, 0.2) is 17.5 Å². The van der Waals surface area contributed by atoms with E-state index in [1.54, 1.807) is 0 Å². The van der Waals surface area contributed by atoms with Gasteiger partial charge in [0.25, 0.3) is 0 Å². The first-order valence-corrected chi connectivity index (χ1v) is 22.9. The summed E-state index contributed by atoms with van der Waals surface area (Å²) < 4.78 is 4.97. The molecule has 65 heavy (non-hydrogen) atoms. The van der Waals surface area contributed by atoms with E-state index in [0.717, 1.165) is 51.0 Å². The first kappa shape index (κ1) is 36.3. The zero-order valence-electron chi connectivity index (χ0n) is 35.0. The summed E-state index contributed by atoms with van der Waals surface area (Å²) in [6.07, 6.45) is 0.755. The van der Waals surface area contributed by atoms with Gasteiger partial charge in [-0.05, 0) is 116 Å². The number of hydrogen-bond donors (Lipinski definition) is 0. The fourth-order valence-corrected chi connectivity index (χ4v) is 11.5. The van der Waals surface area contributed by atoms with Gasteiger partial charge >= 0.3 is 0 Å². The number of nitrogens with zero attached hydrogens (tertiary/aromatic N) is 4. The van der Waals surface area contributed by atoms with Crippen molar-refractivity contribution in [2.75, 3.05) is 0 Å². The van der Waals surface area contributed by atoms with Crippen LogP contribution < -0.4 is 0 Å². The molecule has 10 aromatic carbocycles. The number of rotatable bonds is 5. The molecule has 0 spiro atoms. The van der Waals surface area contributed by atoms with Gasteiger partial charge < -0.3 is 4.57 Å². The van der Waals surface area contributed by atoms with Crippen LogP contribution in [0.15, 0.2) is 206 Å². The van der Waals surface area contributed by atoms with Crippen LogP contribution in [0.1, 0.15) is 11.1 Å². The predicted molar refractivity (Wildman–Crippen MR) is 272 cm³/mol. The van der Waals surface area contributed by atoms with Crippen LogP contribution in [-0.2, 0) is 6.42 Å². The molecule has 5 heteroatoms. The molecule has 0 N–H and O–H groups in total. The van der Waals surface area contributed by atoms with Gasteiger partial charge in [-0.2, -0.15) is 0 Å². The smallest absolute Gasteiger partial charge is 0.166 e. The highest BCUT2D eigenvalue weighted by molar-refractivity contribution is 7.25. The van der Waals surface area contributed by atoms with E-state index in [2.05, 4.69) is 211 Å². The maximum atomic E-state index is 5.60. The zero-order chi connectivity index (χ0) is 42.6. The number of benzene rings is 10. The van der Waals surface area contributed by atoms with Crippen molar-refractivity contribution in [3.05, 3.63) is 217 Å². The summed E-state index contributed by atoms with van der Waals surface area (Å²) in [6.45, 7) is 0. The molecule has 1 aliphatic carbocycles. The number of hydrogen-bond acceptors (Lipinski definition) is 4. The van der Waals surface area contributed by atoms with Crippen LogP contribution in [-0.4, -0.2) is 19.5 Å². The minimum absolute atomic E-state index is 0.635. The summed E-state index contributed by atoms with van der Waals surface area (Å²) in [5.41, 5.74) is 13.5. The highest BCUT2D eigenvalue weighted by Gasteiger charge is 2.30. The van der Waals surface area contributed by atoms with Crippen molar-refractivity contribution >= 4 is 74.9 Å². The van der Waals surface area contributed by atoms with Gasteiger partial charge in [0, 0.05) is 47.6 Å². The molecular formula is C60H36N4S. The van der Waals surface area contributed by atoms with Gasteiger partial charge in [-0.3, -0.25) is 0 Å². The standard InChI is InChI=1S/C60H36N4S/c1-2-13-36(14-3-1)38-18-12-19-42(31-38)58-61-59(43-27-30-55-49(34-43)46-22-9-11-24-54(46)65-55)63-60(62-58)57-50-33-41-26-25-37-15-6-7-20-44(37)56(41)47(50)28-29-52(57)64-51-23-10-8-21-45(51)48-32-39-16-4-5-17-40(39)35-53(48)64/h1-32,34-35H,33H2. The second kappa shape index (κ2) is 14.1. The third-order valence-corrected chi connectivity index (χ3v) is 14.6. The fraction of sp³-hybridized carbons (Fsp3) is 0.0167. The van der Waals surface area contributed by atoms with Crippen molar-refractivity contribution in [2.45, 2.75) is 6.42 Å². The normalized spacial score (nSPS) is 12.2. The number of thiophene rings is 1. The second-order valence-electron chi connectivity index (χ2n) is 17.1. The van der Waals surface area contributed by atoms with Gasteiger partial charge in [0.2, 0.25) is 0 Å². The highest BCUT2D eigenvalue weighted by atomic mass is 32.1. The SMILES string of the molecule is c1ccc(-c2cccc(-c3nc(-c4ccc5sc6ccccc6c5c4)nc(-c4c(-n5c6ccccc6c6cc7ccccc7cc65)ccc5c4Cc4ccc6ccccc6c4-5)n3)c2)cc1. The van der Waals surface area contributed by atoms with Crippen molar-refractivity contribution in [3.8, 4) is 62.1 Å². The Balaban J connectivity index is 1.09. The molecule has 0 saturated heterocycles. The van der Waals surface area contributed by atoms with Crippen molar-refractivity contribution in [3.63, 3.8) is 0 Å². The molecule has 0 fully saturated rings. The first-order valence-electron chi connectivity index (χ1n) is 22.1. The van der Waals surface area contributed by atoms with Gasteiger partial charge in [0.1, 0.15) is 0 Å². The third-order valence-electron chi connectivity index (χ3n) is 13.4. The van der Waals surface area contributed by atoms with Crippen molar-refractivity contribution in [2.24, 2.45) is 0 Å². The van der Waals surface area contributed by atoms with E-state index in [1.165, 1.54) is 74.7 Å². The molecule has 3 heterocycles. The molecule has 0 aliphatic heterocycles. The Morgan fingerprint density at radius 1 is 0.369 bits per heavy atom. The molecule has 13 aromatic rings. The molecule has 302 valence electrons. The lowest BCUT2D eigenvalue weighted by atomic mass is 9.95. The topological polar surface area (TPSA) is 43.6 Å². The molecule has 0 atom stereocenters. The second-order valence-corrected chi connectivity index (χ2v) is 18.2.